The third-order valence-corrected chi connectivity index (χ3v) is 2.97. The zero-order valence-electron chi connectivity index (χ0n) is 9.31. The third kappa shape index (κ3) is 3.81. The second-order valence-corrected chi connectivity index (χ2v) is 4.33. The van der Waals surface area contributed by atoms with E-state index in [2.05, 4.69) is 28.7 Å². The zero-order chi connectivity index (χ0) is 11.1. The second kappa shape index (κ2) is 6.81. The van der Waals surface area contributed by atoms with E-state index >= 15 is 0 Å². The van der Waals surface area contributed by atoms with Crippen LogP contribution >= 0.6 is 11.8 Å². The molecule has 0 aromatic carbocycles. The summed E-state index contributed by atoms with van der Waals surface area (Å²) in [5.74, 6) is 7.61. The smallest absolute Gasteiger partial charge is 0.138 e. The van der Waals surface area contributed by atoms with Crippen LogP contribution in [0, 0.1) is 0 Å². The standard InChI is InChI=1S/C9H19N5S/c1-3-14-9(11-7-12-14)6-8(13-10)4-5-15-2/h7-8,13H,3-6,10H2,1-2H3. The van der Waals surface area contributed by atoms with Crippen molar-refractivity contribution in [2.24, 2.45) is 5.84 Å². The Balaban J connectivity index is 2.50. The molecule has 1 heterocycles. The molecule has 0 fully saturated rings. The van der Waals surface area contributed by atoms with Crippen LogP contribution in [-0.2, 0) is 13.0 Å². The van der Waals surface area contributed by atoms with Crippen LogP contribution in [0.5, 0.6) is 0 Å². The van der Waals surface area contributed by atoms with Gasteiger partial charge >= 0.3 is 0 Å². The lowest BCUT2D eigenvalue weighted by atomic mass is 10.1. The molecule has 1 aromatic rings. The van der Waals surface area contributed by atoms with Gasteiger partial charge in [-0.2, -0.15) is 16.9 Å². The number of aryl methyl sites for hydroxylation is 1. The van der Waals surface area contributed by atoms with E-state index in [9.17, 15) is 0 Å². The third-order valence-electron chi connectivity index (χ3n) is 2.33. The van der Waals surface area contributed by atoms with Crippen LogP contribution in [0.15, 0.2) is 6.33 Å². The number of rotatable bonds is 7. The molecule has 0 radical (unpaired) electrons. The molecule has 1 aromatic heterocycles. The lowest BCUT2D eigenvalue weighted by molar-refractivity contribution is 0.484. The highest BCUT2D eigenvalue weighted by molar-refractivity contribution is 7.98. The molecule has 0 bridgehead atoms. The quantitative estimate of drug-likeness (QED) is 0.524. The van der Waals surface area contributed by atoms with Gasteiger partial charge in [0.05, 0.1) is 0 Å². The summed E-state index contributed by atoms with van der Waals surface area (Å²) in [5.41, 5.74) is 2.83. The molecule has 0 amide bonds. The Morgan fingerprint density at radius 1 is 1.67 bits per heavy atom. The summed E-state index contributed by atoms with van der Waals surface area (Å²) in [6.45, 7) is 2.92. The van der Waals surface area contributed by atoms with Gasteiger partial charge in [0.15, 0.2) is 0 Å². The molecule has 1 unspecified atom stereocenters. The van der Waals surface area contributed by atoms with Crippen LogP contribution in [0.25, 0.3) is 0 Å². The normalized spacial score (nSPS) is 13.0. The first kappa shape index (κ1) is 12.5. The highest BCUT2D eigenvalue weighted by Crippen LogP contribution is 2.05. The molecule has 5 nitrogen and oxygen atoms in total. The maximum atomic E-state index is 5.50. The first-order valence-corrected chi connectivity index (χ1v) is 6.53. The predicted octanol–water partition coefficient (Wildman–Crippen LogP) is 0.425. The summed E-state index contributed by atoms with van der Waals surface area (Å²) in [4.78, 5) is 4.23. The molecule has 1 atom stereocenters. The van der Waals surface area contributed by atoms with Crippen LogP contribution in [0.1, 0.15) is 19.2 Å². The molecule has 0 saturated carbocycles. The Hall–Kier alpha value is -0.590. The summed E-state index contributed by atoms with van der Waals surface area (Å²) >= 11 is 1.83. The van der Waals surface area contributed by atoms with Crippen molar-refractivity contribution >= 4 is 11.8 Å². The van der Waals surface area contributed by atoms with Crippen molar-refractivity contribution in [3.63, 3.8) is 0 Å². The Kier molecular flexibility index (Phi) is 5.67. The van der Waals surface area contributed by atoms with Gasteiger partial charge in [-0.3, -0.25) is 16.0 Å². The fourth-order valence-corrected chi connectivity index (χ4v) is 1.96. The highest BCUT2D eigenvalue weighted by atomic mass is 32.2. The van der Waals surface area contributed by atoms with Gasteiger partial charge in [0.2, 0.25) is 0 Å². The van der Waals surface area contributed by atoms with Gasteiger partial charge < -0.3 is 0 Å². The number of hydrogen-bond donors (Lipinski definition) is 2. The maximum Gasteiger partial charge on any atom is 0.138 e. The van der Waals surface area contributed by atoms with Crippen molar-refractivity contribution in [2.75, 3.05) is 12.0 Å². The topological polar surface area (TPSA) is 68.8 Å². The zero-order valence-corrected chi connectivity index (χ0v) is 10.1. The molecule has 1 rings (SSSR count). The maximum absolute atomic E-state index is 5.50. The first-order chi connectivity index (χ1) is 7.31. The van der Waals surface area contributed by atoms with E-state index in [4.69, 9.17) is 5.84 Å². The van der Waals surface area contributed by atoms with E-state index in [1.54, 1.807) is 6.33 Å². The number of nitrogens with one attached hydrogen (secondary N) is 1. The largest absolute Gasteiger partial charge is 0.271 e. The summed E-state index contributed by atoms with van der Waals surface area (Å²) in [6.07, 6.45) is 5.59. The van der Waals surface area contributed by atoms with Crippen molar-refractivity contribution in [2.45, 2.75) is 32.4 Å². The van der Waals surface area contributed by atoms with E-state index < -0.39 is 0 Å². The van der Waals surface area contributed by atoms with Crippen LogP contribution in [-0.4, -0.2) is 32.8 Å². The molecule has 15 heavy (non-hydrogen) atoms. The number of hydrazine groups is 1. The average Bonchev–Trinajstić information content (AvgIpc) is 2.71. The van der Waals surface area contributed by atoms with Crippen LogP contribution in [0.3, 0.4) is 0 Å². The van der Waals surface area contributed by atoms with Gasteiger partial charge in [0, 0.05) is 19.0 Å². The van der Waals surface area contributed by atoms with Gasteiger partial charge in [-0.15, -0.1) is 0 Å². The van der Waals surface area contributed by atoms with Crippen LogP contribution in [0.2, 0.25) is 0 Å². The Bertz CT molecular complexity index is 275. The van der Waals surface area contributed by atoms with Gasteiger partial charge in [-0.05, 0) is 25.4 Å². The van der Waals surface area contributed by atoms with Gasteiger partial charge in [-0.25, -0.2) is 4.98 Å². The Morgan fingerprint density at radius 2 is 2.47 bits per heavy atom. The van der Waals surface area contributed by atoms with Crippen molar-refractivity contribution in [1.82, 2.24) is 20.2 Å². The molecule has 0 aliphatic carbocycles. The monoisotopic (exact) mass is 229 g/mol. The van der Waals surface area contributed by atoms with Gasteiger partial charge in [-0.1, -0.05) is 0 Å². The number of aromatic nitrogens is 3. The Morgan fingerprint density at radius 3 is 3.07 bits per heavy atom. The summed E-state index contributed by atoms with van der Waals surface area (Å²) in [5, 5.41) is 4.13. The summed E-state index contributed by atoms with van der Waals surface area (Å²) in [6, 6.07) is 0.284. The van der Waals surface area contributed by atoms with Crippen molar-refractivity contribution in [3.8, 4) is 0 Å². The van der Waals surface area contributed by atoms with E-state index in [0.717, 1.165) is 31.0 Å². The molecule has 0 saturated heterocycles. The van der Waals surface area contributed by atoms with Crippen LogP contribution in [0.4, 0.5) is 0 Å². The van der Waals surface area contributed by atoms with Gasteiger partial charge in [0.25, 0.3) is 0 Å². The molecule has 3 N–H and O–H groups in total. The number of nitrogens with zero attached hydrogens (tertiary/aromatic N) is 3. The lowest BCUT2D eigenvalue weighted by Crippen LogP contribution is -2.38. The molecule has 0 spiro atoms. The number of hydrogen-bond acceptors (Lipinski definition) is 5. The lowest BCUT2D eigenvalue weighted by Gasteiger charge is -2.14. The SMILES string of the molecule is CCn1ncnc1CC(CCSC)NN. The molecular weight excluding hydrogens is 210 g/mol. The minimum atomic E-state index is 0.284. The minimum absolute atomic E-state index is 0.284. The van der Waals surface area contributed by atoms with Crippen molar-refractivity contribution in [3.05, 3.63) is 12.2 Å². The minimum Gasteiger partial charge on any atom is -0.271 e. The second-order valence-electron chi connectivity index (χ2n) is 3.34. The van der Waals surface area contributed by atoms with E-state index in [-0.39, 0.29) is 6.04 Å². The molecular formula is C9H19N5S. The fourth-order valence-electron chi connectivity index (χ4n) is 1.44. The highest BCUT2D eigenvalue weighted by Gasteiger charge is 2.11. The van der Waals surface area contributed by atoms with Crippen molar-refractivity contribution < 1.29 is 0 Å². The molecule has 0 aliphatic heterocycles. The molecule has 6 heteroatoms. The first-order valence-electron chi connectivity index (χ1n) is 5.13. The fraction of sp³-hybridized carbons (Fsp3) is 0.778. The predicted molar refractivity (Wildman–Crippen MR) is 63.5 cm³/mol. The molecule has 86 valence electrons. The Labute approximate surface area is 94.8 Å². The van der Waals surface area contributed by atoms with E-state index in [0.29, 0.717) is 0 Å². The summed E-state index contributed by atoms with van der Waals surface area (Å²) < 4.78 is 1.91. The number of thioether (sulfide) groups is 1. The van der Waals surface area contributed by atoms with Gasteiger partial charge in [0.1, 0.15) is 12.2 Å². The number of nitrogens with two attached hydrogens (primary N) is 1. The van der Waals surface area contributed by atoms with Crippen molar-refractivity contribution in [1.29, 1.82) is 0 Å². The van der Waals surface area contributed by atoms with Crippen LogP contribution < -0.4 is 11.3 Å². The average molecular weight is 229 g/mol. The van der Waals surface area contributed by atoms with E-state index in [1.807, 2.05) is 16.4 Å². The molecule has 0 aliphatic rings. The summed E-state index contributed by atoms with van der Waals surface area (Å²) in [7, 11) is 0. The van der Waals surface area contributed by atoms with E-state index in [1.165, 1.54) is 0 Å².